The van der Waals surface area contributed by atoms with E-state index in [1.165, 1.54) is 13.2 Å². The molecule has 1 aromatic rings. The van der Waals surface area contributed by atoms with Gasteiger partial charge in [-0.25, -0.2) is 4.79 Å². The van der Waals surface area contributed by atoms with Crippen LogP contribution in [-0.2, 0) is 14.4 Å². The molecule has 138 valence electrons. The molecule has 0 aliphatic carbocycles. The van der Waals surface area contributed by atoms with E-state index in [-0.39, 0.29) is 22.3 Å². The van der Waals surface area contributed by atoms with E-state index >= 15 is 0 Å². The molecule has 27 heavy (non-hydrogen) atoms. The van der Waals surface area contributed by atoms with Gasteiger partial charge >= 0.3 is 5.97 Å². The van der Waals surface area contributed by atoms with Gasteiger partial charge in [0.25, 0.3) is 17.1 Å². The first-order valence-corrected chi connectivity index (χ1v) is 9.29. The first kappa shape index (κ1) is 19.1. The van der Waals surface area contributed by atoms with Crippen molar-refractivity contribution >= 4 is 69.2 Å². The number of esters is 1. The number of imide groups is 1. The van der Waals surface area contributed by atoms with Crippen molar-refractivity contribution in [2.24, 2.45) is 0 Å². The molecule has 0 aromatic heterocycles. The summed E-state index contributed by atoms with van der Waals surface area (Å²) in [5.41, 5.74) is 0.642. The second-order valence-corrected chi connectivity index (χ2v) is 7.77. The van der Waals surface area contributed by atoms with Gasteiger partial charge in [-0.1, -0.05) is 30.0 Å². The van der Waals surface area contributed by atoms with E-state index in [4.69, 9.17) is 21.7 Å². The maximum atomic E-state index is 12.0. The Morgan fingerprint density at radius 1 is 1.07 bits per heavy atom. The van der Waals surface area contributed by atoms with Crippen LogP contribution in [0.1, 0.15) is 5.56 Å². The maximum Gasteiger partial charge on any atom is 0.337 e. The minimum Gasteiger partial charge on any atom is -0.493 e. The number of ether oxygens (including phenoxy) is 2. The lowest BCUT2D eigenvalue weighted by molar-refractivity contribution is -0.129. The van der Waals surface area contributed by atoms with Crippen LogP contribution in [-0.4, -0.2) is 34.5 Å². The number of nitrogens with one attached hydrogen (secondary N) is 2. The van der Waals surface area contributed by atoms with Crippen LogP contribution >= 0.6 is 35.7 Å². The van der Waals surface area contributed by atoms with Gasteiger partial charge in [0.15, 0.2) is 11.5 Å². The average molecular weight is 422 g/mol. The number of carbonyl (C=O) groups excluding carboxylic acids is 4. The second kappa shape index (κ2) is 7.94. The van der Waals surface area contributed by atoms with Crippen LogP contribution in [0.2, 0.25) is 0 Å². The summed E-state index contributed by atoms with van der Waals surface area (Å²) in [5.74, 6) is -1.39. The molecule has 2 saturated heterocycles. The molecule has 3 rings (SSSR count). The standard InChI is InChI=1S/C16H10N2O6S3/c1-23-9-4-7(5-10-14(21)18-16(25)27-10)2-3-8(9)24-12(19)6-11-13(20)17-15(22)26-11/h2-6H,1H3,(H,17,20,22)(H,18,21,25)/b10-5-,11-6+. The van der Waals surface area contributed by atoms with Crippen LogP contribution in [0.3, 0.4) is 0 Å². The minimum absolute atomic E-state index is 0.0504. The summed E-state index contributed by atoms with van der Waals surface area (Å²) in [5, 5.41) is 4.00. The van der Waals surface area contributed by atoms with Crippen LogP contribution in [0, 0.1) is 0 Å². The largest absolute Gasteiger partial charge is 0.493 e. The molecule has 2 fully saturated rings. The Morgan fingerprint density at radius 3 is 2.41 bits per heavy atom. The van der Waals surface area contributed by atoms with Crippen molar-refractivity contribution in [2.45, 2.75) is 0 Å². The van der Waals surface area contributed by atoms with Gasteiger partial charge in [-0.2, -0.15) is 0 Å². The topological polar surface area (TPSA) is 111 Å². The van der Waals surface area contributed by atoms with Gasteiger partial charge < -0.3 is 14.8 Å². The fraction of sp³-hybridized carbons (Fsp3) is 0.0625. The summed E-state index contributed by atoms with van der Waals surface area (Å²) < 4.78 is 10.8. The number of hydrogen-bond donors (Lipinski definition) is 2. The van der Waals surface area contributed by atoms with Crippen molar-refractivity contribution < 1.29 is 28.7 Å². The highest BCUT2D eigenvalue weighted by Crippen LogP contribution is 2.32. The van der Waals surface area contributed by atoms with Crippen molar-refractivity contribution in [2.75, 3.05) is 7.11 Å². The van der Waals surface area contributed by atoms with E-state index in [0.29, 0.717) is 26.6 Å². The molecule has 11 heteroatoms. The molecule has 2 heterocycles. The number of hydrogen-bond acceptors (Lipinski definition) is 9. The summed E-state index contributed by atoms with van der Waals surface area (Å²) in [6, 6.07) is 4.70. The normalized spacial score (nSPS) is 19.4. The molecule has 2 N–H and O–H groups in total. The molecule has 0 atom stereocenters. The third-order valence-corrected chi connectivity index (χ3v) is 5.20. The summed E-state index contributed by atoms with van der Waals surface area (Å²) in [7, 11) is 1.40. The first-order valence-electron chi connectivity index (χ1n) is 7.25. The van der Waals surface area contributed by atoms with Crippen molar-refractivity contribution in [1.29, 1.82) is 0 Å². The summed E-state index contributed by atoms with van der Waals surface area (Å²) in [6.45, 7) is 0. The fourth-order valence-electron chi connectivity index (χ4n) is 2.10. The van der Waals surface area contributed by atoms with E-state index in [2.05, 4.69) is 5.32 Å². The predicted octanol–water partition coefficient (Wildman–Crippen LogP) is 1.96. The van der Waals surface area contributed by atoms with Crippen LogP contribution in [0.15, 0.2) is 34.1 Å². The molecule has 0 saturated carbocycles. The molecule has 3 amide bonds. The van der Waals surface area contributed by atoms with Crippen molar-refractivity contribution in [3.8, 4) is 11.5 Å². The lowest BCUT2D eigenvalue weighted by atomic mass is 10.2. The molecule has 2 aliphatic rings. The van der Waals surface area contributed by atoms with Gasteiger partial charge in [-0.15, -0.1) is 0 Å². The maximum absolute atomic E-state index is 12.0. The van der Waals surface area contributed by atoms with Gasteiger partial charge in [0.05, 0.1) is 16.9 Å². The number of thioether (sulfide) groups is 2. The molecule has 0 bridgehead atoms. The number of thiocarbonyl (C=S) groups is 1. The quantitative estimate of drug-likeness (QED) is 0.325. The van der Waals surface area contributed by atoms with E-state index in [1.54, 1.807) is 18.2 Å². The lowest BCUT2D eigenvalue weighted by Gasteiger charge is -2.09. The Kier molecular flexibility index (Phi) is 5.63. The van der Waals surface area contributed by atoms with Gasteiger partial charge in [-0.05, 0) is 35.5 Å². The molecule has 2 aliphatic heterocycles. The zero-order valence-corrected chi connectivity index (χ0v) is 16.0. The predicted molar refractivity (Wildman–Crippen MR) is 104 cm³/mol. The first-order chi connectivity index (χ1) is 12.9. The number of methoxy groups -OCH3 is 1. The van der Waals surface area contributed by atoms with Crippen LogP contribution < -0.4 is 20.1 Å². The third-order valence-electron chi connectivity index (χ3n) is 3.23. The molecular formula is C16H10N2O6S3. The second-order valence-electron chi connectivity index (χ2n) is 5.04. The van der Waals surface area contributed by atoms with E-state index in [9.17, 15) is 19.2 Å². The lowest BCUT2D eigenvalue weighted by Crippen LogP contribution is -2.18. The zero-order valence-electron chi connectivity index (χ0n) is 13.6. The van der Waals surface area contributed by atoms with Gasteiger partial charge in [0.2, 0.25) is 0 Å². The third kappa shape index (κ3) is 4.56. The number of benzene rings is 1. The Labute approximate surface area is 166 Å². The highest BCUT2D eigenvalue weighted by molar-refractivity contribution is 8.26. The Hall–Kier alpha value is -2.63. The van der Waals surface area contributed by atoms with Gasteiger partial charge in [-0.3, -0.25) is 19.7 Å². The van der Waals surface area contributed by atoms with Crippen LogP contribution in [0.25, 0.3) is 6.08 Å². The van der Waals surface area contributed by atoms with E-state index < -0.39 is 17.1 Å². The Bertz CT molecular complexity index is 953. The van der Waals surface area contributed by atoms with E-state index in [1.807, 2.05) is 5.32 Å². The SMILES string of the molecule is COc1cc(/C=C2\SC(=S)NC2=O)ccc1OC(=O)/C=C1/SC(=O)NC1=O. The van der Waals surface area contributed by atoms with E-state index in [0.717, 1.165) is 17.8 Å². The van der Waals surface area contributed by atoms with Crippen LogP contribution in [0.4, 0.5) is 4.79 Å². The van der Waals surface area contributed by atoms with Crippen molar-refractivity contribution in [3.63, 3.8) is 0 Å². The highest BCUT2D eigenvalue weighted by Gasteiger charge is 2.26. The average Bonchev–Trinajstić information content (AvgIpc) is 3.09. The Morgan fingerprint density at radius 2 is 1.81 bits per heavy atom. The molecular weight excluding hydrogens is 412 g/mol. The molecule has 0 radical (unpaired) electrons. The monoisotopic (exact) mass is 422 g/mol. The highest BCUT2D eigenvalue weighted by atomic mass is 32.2. The molecule has 8 nitrogen and oxygen atoms in total. The zero-order chi connectivity index (χ0) is 19.6. The number of rotatable bonds is 4. The van der Waals surface area contributed by atoms with Crippen molar-refractivity contribution in [3.05, 3.63) is 39.6 Å². The van der Waals surface area contributed by atoms with Crippen LogP contribution in [0.5, 0.6) is 11.5 Å². The minimum atomic E-state index is -0.831. The molecule has 0 unspecified atom stereocenters. The molecule has 0 spiro atoms. The summed E-state index contributed by atoms with van der Waals surface area (Å²) >= 11 is 6.69. The number of amides is 3. The smallest absolute Gasteiger partial charge is 0.337 e. The Balaban J connectivity index is 1.78. The number of carbonyl (C=O) groups is 4. The van der Waals surface area contributed by atoms with Gasteiger partial charge in [0, 0.05) is 6.08 Å². The van der Waals surface area contributed by atoms with Gasteiger partial charge in [0.1, 0.15) is 4.32 Å². The molecule has 1 aromatic carbocycles. The summed E-state index contributed by atoms with van der Waals surface area (Å²) in [4.78, 5) is 46.6. The fourth-order valence-corrected chi connectivity index (χ4v) is 3.78. The van der Waals surface area contributed by atoms with Crippen molar-refractivity contribution in [1.82, 2.24) is 10.6 Å². The summed E-state index contributed by atoms with van der Waals surface area (Å²) in [6.07, 6.45) is 2.56.